The number of ether oxygens (including phenoxy) is 1. The van der Waals surface area contributed by atoms with Crippen molar-refractivity contribution < 1.29 is 24.9 Å². The van der Waals surface area contributed by atoms with E-state index < -0.39 is 23.2 Å². The summed E-state index contributed by atoms with van der Waals surface area (Å²) in [5.41, 5.74) is 2.86. The molecule has 2 aromatic carbocycles. The molecule has 0 heterocycles. The molecule has 0 atom stereocenters. The first-order valence-electron chi connectivity index (χ1n) is 6.24. The van der Waals surface area contributed by atoms with E-state index in [4.69, 9.17) is 4.74 Å². The summed E-state index contributed by atoms with van der Waals surface area (Å²) in [6.45, 7) is 0. The number of nitrogens with zero attached hydrogens (tertiary/aromatic N) is 1. The van der Waals surface area contributed by atoms with E-state index >= 15 is 0 Å². The van der Waals surface area contributed by atoms with Crippen molar-refractivity contribution in [1.82, 2.24) is 5.43 Å². The molecule has 0 aliphatic rings. The van der Waals surface area contributed by atoms with Gasteiger partial charge >= 0.3 is 0 Å². The monoisotopic (exact) mass is 302 g/mol. The summed E-state index contributed by atoms with van der Waals surface area (Å²) in [5, 5.41) is 31.7. The topological polar surface area (TPSA) is 111 Å². The van der Waals surface area contributed by atoms with Crippen molar-refractivity contribution in [2.75, 3.05) is 7.11 Å². The summed E-state index contributed by atoms with van der Waals surface area (Å²) in [7, 11) is 1.52. The zero-order valence-corrected chi connectivity index (χ0v) is 11.6. The number of carbonyl (C=O) groups excluding carboxylic acids is 1. The van der Waals surface area contributed by atoms with Crippen LogP contribution >= 0.6 is 0 Å². The van der Waals surface area contributed by atoms with Crippen molar-refractivity contribution in [3.05, 3.63) is 47.5 Å². The number of amides is 1. The van der Waals surface area contributed by atoms with Crippen molar-refractivity contribution in [3.8, 4) is 23.0 Å². The molecule has 114 valence electrons. The average Bonchev–Trinajstić information content (AvgIpc) is 2.52. The number of para-hydroxylation sites is 1. The molecule has 1 amide bonds. The zero-order valence-electron chi connectivity index (χ0n) is 11.6. The minimum atomic E-state index is -0.686. The van der Waals surface area contributed by atoms with Crippen molar-refractivity contribution in [2.45, 2.75) is 0 Å². The van der Waals surface area contributed by atoms with E-state index in [1.165, 1.54) is 13.3 Å². The number of hydrogen-bond donors (Lipinski definition) is 4. The fourth-order valence-corrected chi connectivity index (χ4v) is 1.73. The molecular weight excluding hydrogens is 288 g/mol. The van der Waals surface area contributed by atoms with Gasteiger partial charge in [-0.25, -0.2) is 5.43 Å². The van der Waals surface area contributed by atoms with Gasteiger partial charge in [0.25, 0.3) is 5.91 Å². The van der Waals surface area contributed by atoms with Gasteiger partial charge in [0, 0.05) is 11.1 Å². The number of aromatic hydroxyl groups is 3. The normalized spacial score (nSPS) is 10.6. The highest BCUT2D eigenvalue weighted by molar-refractivity contribution is 5.96. The molecule has 0 saturated heterocycles. The maximum Gasteiger partial charge on any atom is 0.271 e. The number of hydrogen-bond acceptors (Lipinski definition) is 6. The Hall–Kier alpha value is -3.22. The summed E-state index contributed by atoms with van der Waals surface area (Å²) >= 11 is 0. The van der Waals surface area contributed by atoms with Gasteiger partial charge in [-0.3, -0.25) is 4.79 Å². The van der Waals surface area contributed by atoms with Crippen LogP contribution in [0, 0.1) is 0 Å². The first-order chi connectivity index (χ1) is 10.5. The Morgan fingerprint density at radius 1 is 1.18 bits per heavy atom. The summed E-state index contributed by atoms with van der Waals surface area (Å²) in [4.78, 5) is 11.8. The smallest absolute Gasteiger partial charge is 0.271 e. The predicted molar refractivity (Wildman–Crippen MR) is 79.5 cm³/mol. The summed E-state index contributed by atoms with van der Waals surface area (Å²) in [5.74, 6) is -1.94. The molecule has 2 aromatic rings. The Labute approximate surface area is 126 Å². The standard InChI is InChI=1S/C15H14N2O5/c1-22-13-5-3-2-4-9(13)8-16-17-15(21)10-6-11(18)14(20)12(19)7-10/h2-8,18-20H,1H3,(H,17,21). The van der Waals surface area contributed by atoms with Gasteiger partial charge < -0.3 is 20.1 Å². The van der Waals surface area contributed by atoms with E-state index in [0.717, 1.165) is 12.1 Å². The van der Waals surface area contributed by atoms with E-state index in [-0.39, 0.29) is 5.56 Å². The average molecular weight is 302 g/mol. The second-order valence-corrected chi connectivity index (χ2v) is 4.30. The third-order valence-electron chi connectivity index (χ3n) is 2.84. The molecule has 0 aliphatic heterocycles. The summed E-state index contributed by atoms with van der Waals surface area (Å²) in [6, 6.07) is 9.14. The zero-order chi connectivity index (χ0) is 16.1. The van der Waals surface area contributed by atoms with Gasteiger partial charge in [0.05, 0.1) is 13.3 Å². The van der Waals surface area contributed by atoms with Gasteiger partial charge in [-0.15, -0.1) is 0 Å². The Kier molecular flexibility index (Phi) is 4.47. The van der Waals surface area contributed by atoms with Gasteiger partial charge in [-0.05, 0) is 24.3 Å². The molecule has 0 saturated carbocycles. The highest BCUT2D eigenvalue weighted by atomic mass is 16.5. The molecule has 2 rings (SSSR count). The second kappa shape index (κ2) is 6.49. The van der Waals surface area contributed by atoms with Crippen LogP contribution in [-0.2, 0) is 0 Å². The first-order valence-corrected chi connectivity index (χ1v) is 6.24. The molecule has 22 heavy (non-hydrogen) atoms. The van der Waals surface area contributed by atoms with Crippen LogP contribution in [0.15, 0.2) is 41.5 Å². The molecule has 4 N–H and O–H groups in total. The number of nitrogens with one attached hydrogen (secondary N) is 1. The van der Waals surface area contributed by atoms with Crippen LogP contribution in [0.3, 0.4) is 0 Å². The summed E-state index contributed by atoms with van der Waals surface area (Å²) < 4.78 is 5.13. The Balaban J connectivity index is 2.11. The lowest BCUT2D eigenvalue weighted by Gasteiger charge is -2.05. The quantitative estimate of drug-likeness (QED) is 0.389. The number of phenolic OH excluding ortho intramolecular Hbond substituents is 3. The fraction of sp³-hybridized carbons (Fsp3) is 0.0667. The van der Waals surface area contributed by atoms with Gasteiger partial charge in [0.1, 0.15) is 5.75 Å². The van der Waals surface area contributed by atoms with E-state index in [0.29, 0.717) is 11.3 Å². The number of rotatable bonds is 4. The third-order valence-corrected chi connectivity index (χ3v) is 2.84. The molecular formula is C15H14N2O5. The van der Waals surface area contributed by atoms with Crippen molar-refractivity contribution in [2.24, 2.45) is 5.10 Å². The maximum atomic E-state index is 11.8. The predicted octanol–water partition coefficient (Wildman–Crippen LogP) is 1.58. The number of phenols is 3. The number of carbonyl (C=O) groups is 1. The van der Waals surface area contributed by atoms with Crippen molar-refractivity contribution in [3.63, 3.8) is 0 Å². The summed E-state index contributed by atoms with van der Waals surface area (Å²) in [6.07, 6.45) is 1.40. The van der Waals surface area contributed by atoms with Gasteiger partial charge in [0.2, 0.25) is 0 Å². The first kappa shape index (κ1) is 15.2. The van der Waals surface area contributed by atoms with E-state index in [1.807, 2.05) is 0 Å². The largest absolute Gasteiger partial charge is 0.504 e. The Morgan fingerprint density at radius 3 is 2.45 bits per heavy atom. The highest BCUT2D eigenvalue weighted by Crippen LogP contribution is 2.35. The SMILES string of the molecule is COc1ccccc1C=NNC(=O)c1cc(O)c(O)c(O)c1. The van der Waals surface area contributed by atoms with Crippen LogP contribution in [0.2, 0.25) is 0 Å². The van der Waals surface area contributed by atoms with Crippen molar-refractivity contribution >= 4 is 12.1 Å². The number of methoxy groups -OCH3 is 1. The highest BCUT2D eigenvalue weighted by Gasteiger charge is 2.12. The molecule has 0 aromatic heterocycles. The third kappa shape index (κ3) is 3.26. The van der Waals surface area contributed by atoms with Crippen LogP contribution in [-0.4, -0.2) is 34.6 Å². The van der Waals surface area contributed by atoms with Crippen LogP contribution in [0.4, 0.5) is 0 Å². The van der Waals surface area contributed by atoms with Gasteiger partial charge in [0.15, 0.2) is 17.2 Å². The molecule has 0 bridgehead atoms. The molecule has 0 aliphatic carbocycles. The minimum Gasteiger partial charge on any atom is -0.504 e. The molecule has 0 unspecified atom stereocenters. The molecule has 7 nitrogen and oxygen atoms in total. The number of benzene rings is 2. The molecule has 7 heteroatoms. The lowest BCUT2D eigenvalue weighted by atomic mass is 10.2. The van der Waals surface area contributed by atoms with Crippen LogP contribution in [0.1, 0.15) is 15.9 Å². The lowest BCUT2D eigenvalue weighted by Crippen LogP contribution is -2.17. The fourth-order valence-electron chi connectivity index (χ4n) is 1.73. The Morgan fingerprint density at radius 2 is 1.82 bits per heavy atom. The minimum absolute atomic E-state index is 0.0509. The van der Waals surface area contributed by atoms with Crippen LogP contribution in [0.25, 0.3) is 0 Å². The van der Waals surface area contributed by atoms with E-state index in [9.17, 15) is 20.1 Å². The van der Waals surface area contributed by atoms with E-state index in [2.05, 4.69) is 10.5 Å². The van der Waals surface area contributed by atoms with Crippen molar-refractivity contribution in [1.29, 1.82) is 0 Å². The molecule has 0 spiro atoms. The molecule has 0 fully saturated rings. The Bertz CT molecular complexity index is 705. The maximum absolute atomic E-state index is 11.8. The van der Waals surface area contributed by atoms with Gasteiger partial charge in [-0.2, -0.15) is 5.10 Å². The van der Waals surface area contributed by atoms with Crippen LogP contribution in [0.5, 0.6) is 23.0 Å². The molecule has 0 radical (unpaired) electrons. The lowest BCUT2D eigenvalue weighted by molar-refractivity contribution is 0.0954. The second-order valence-electron chi connectivity index (χ2n) is 4.30. The van der Waals surface area contributed by atoms with Crippen LogP contribution < -0.4 is 10.2 Å². The van der Waals surface area contributed by atoms with Gasteiger partial charge in [-0.1, -0.05) is 12.1 Å². The van der Waals surface area contributed by atoms with E-state index in [1.54, 1.807) is 24.3 Å². The number of hydrazone groups is 1.